The van der Waals surface area contributed by atoms with E-state index >= 15 is 0 Å². The van der Waals surface area contributed by atoms with Crippen molar-refractivity contribution in [3.63, 3.8) is 0 Å². The number of hydrogen-bond acceptors (Lipinski definition) is 4. The summed E-state index contributed by atoms with van der Waals surface area (Å²) in [5, 5.41) is 9.84. The number of aromatic carboxylic acids is 1. The number of hydrogen-bond donors (Lipinski definition) is 1. The van der Waals surface area contributed by atoms with Gasteiger partial charge in [-0.1, -0.05) is 75.2 Å². The van der Waals surface area contributed by atoms with Crippen LogP contribution in [0.2, 0.25) is 0 Å². The van der Waals surface area contributed by atoms with Crippen molar-refractivity contribution in [2.24, 2.45) is 5.92 Å². The summed E-state index contributed by atoms with van der Waals surface area (Å²) in [7, 11) is 0. The predicted molar refractivity (Wildman–Crippen MR) is 129 cm³/mol. The zero-order valence-corrected chi connectivity index (χ0v) is 19.1. The van der Waals surface area contributed by atoms with E-state index in [1.807, 2.05) is 24.3 Å². The van der Waals surface area contributed by atoms with Gasteiger partial charge < -0.3 is 14.6 Å². The van der Waals surface area contributed by atoms with E-state index in [9.17, 15) is 14.7 Å². The van der Waals surface area contributed by atoms with E-state index in [4.69, 9.17) is 9.47 Å². The van der Waals surface area contributed by atoms with Crippen LogP contribution >= 0.6 is 0 Å². The van der Waals surface area contributed by atoms with Gasteiger partial charge in [0.1, 0.15) is 0 Å². The van der Waals surface area contributed by atoms with Gasteiger partial charge in [-0.15, -0.1) is 0 Å². The van der Waals surface area contributed by atoms with Crippen molar-refractivity contribution < 1.29 is 24.2 Å². The number of carbonyl (C=O) groups excluding carboxylic acids is 1. The highest BCUT2D eigenvalue weighted by molar-refractivity contribution is 6.00. The monoisotopic (exact) mass is 446 g/mol. The molecule has 0 atom stereocenters. The summed E-state index contributed by atoms with van der Waals surface area (Å²) in [6, 6.07) is 20.7. The summed E-state index contributed by atoms with van der Waals surface area (Å²) < 4.78 is 11.8. The van der Waals surface area contributed by atoms with Gasteiger partial charge in [0, 0.05) is 5.56 Å². The molecule has 172 valence electrons. The average Bonchev–Trinajstić information content (AvgIpc) is 2.85. The Hall–Kier alpha value is -3.60. The van der Waals surface area contributed by atoms with E-state index in [-0.39, 0.29) is 11.3 Å². The van der Waals surface area contributed by atoms with E-state index < -0.39 is 11.9 Å². The molecule has 33 heavy (non-hydrogen) atoms. The first-order valence-electron chi connectivity index (χ1n) is 11.4. The third kappa shape index (κ3) is 6.22. The molecule has 3 aromatic carbocycles. The summed E-state index contributed by atoms with van der Waals surface area (Å²) in [5.74, 6) is -0.549. The molecule has 1 N–H and O–H groups in total. The van der Waals surface area contributed by atoms with E-state index in [0.717, 1.165) is 25.7 Å². The average molecular weight is 447 g/mol. The van der Waals surface area contributed by atoms with Gasteiger partial charge in [-0.25, -0.2) is 9.59 Å². The fourth-order valence-electron chi connectivity index (χ4n) is 3.83. The fraction of sp³-hybridized carbons (Fsp3) is 0.286. The highest BCUT2D eigenvalue weighted by Crippen LogP contribution is 2.41. The molecule has 0 amide bonds. The molecule has 0 bridgehead atoms. The van der Waals surface area contributed by atoms with Crippen LogP contribution in [0.4, 0.5) is 0 Å². The number of ether oxygens (including phenoxy) is 2. The zero-order chi connectivity index (χ0) is 23.6. The number of carbonyl (C=O) groups is 2. The zero-order valence-electron chi connectivity index (χ0n) is 19.1. The van der Waals surface area contributed by atoms with Gasteiger partial charge in [0.2, 0.25) is 0 Å². The molecule has 0 saturated heterocycles. The van der Waals surface area contributed by atoms with Gasteiger partial charge in [-0.05, 0) is 48.6 Å². The Morgan fingerprint density at radius 1 is 0.879 bits per heavy atom. The van der Waals surface area contributed by atoms with Crippen molar-refractivity contribution in [3.8, 4) is 22.6 Å². The van der Waals surface area contributed by atoms with Crippen LogP contribution in [0.1, 0.15) is 60.2 Å². The highest BCUT2D eigenvalue weighted by atomic mass is 16.6. The van der Waals surface area contributed by atoms with E-state index in [1.54, 1.807) is 42.5 Å². The maximum Gasteiger partial charge on any atom is 0.343 e. The summed E-state index contributed by atoms with van der Waals surface area (Å²) in [5.41, 5.74) is 1.37. The summed E-state index contributed by atoms with van der Waals surface area (Å²) in [4.78, 5) is 24.9. The van der Waals surface area contributed by atoms with Crippen molar-refractivity contribution in [1.82, 2.24) is 0 Å². The topological polar surface area (TPSA) is 72.8 Å². The molecule has 0 aliphatic carbocycles. The van der Waals surface area contributed by atoms with Crippen LogP contribution in [0, 0.1) is 5.92 Å². The highest BCUT2D eigenvalue weighted by Gasteiger charge is 2.24. The lowest BCUT2D eigenvalue weighted by Gasteiger charge is -2.18. The minimum Gasteiger partial charge on any atom is -0.490 e. The SMILES string of the molecule is CCC(CC)CCCOc1ccc(C(=O)O)c(-c2ccccc2)c1OC(=O)c1ccccc1. The van der Waals surface area contributed by atoms with Gasteiger partial charge in [0.15, 0.2) is 11.5 Å². The van der Waals surface area contributed by atoms with Gasteiger partial charge in [-0.3, -0.25) is 0 Å². The smallest absolute Gasteiger partial charge is 0.343 e. The van der Waals surface area contributed by atoms with Crippen LogP contribution in [0.25, 0.3) is 11.1 Å². The molecule has 3 aromatic rings. The number of esters is 1. The summed E-state index contributed by atoms with van der Waals surface area (Å²) in [6.45, 7) is 4.83. The summed E-state index contributed by atoms with van der Waals surface area (Å²) >= 11 is 0. The lowest BCUT2D eigenvalue weighted by atomic mass is 9.97. The number of carboxylic acids is 1. The lowest BCUT2D eigenvalue weighted by Crippen LogP contribution is -2.13. The maximum atomic E-state index is 12.9. The molecule has 5 heteroatoms. The Bertz CT molecular complexity index is 1060. The van der Waals surface area contributed by atoms with Gasteiger partial charge in [0.25, 0.3) is 0 Å². The maximum absolute atomic E-state index is 12.9. The van der Waals surface area contributed by atoms with Crippen LogP contribution in [0.5, 0.6) is 11.5 Å². The molecular weight excluding hydrogens is 416 g/mol. The van der Waals surface area contributed by atoms with Crippen LogP contribution in [-0.4, -0.2) is 23.7 Å². The van der Waals surface area contributed by atoms with E-state index in [2.05, 4.69) is 13.8 Å². The van der Waals surface area contributed by atoms with Crippen LogP contribution in [-0.2, 0) is 0 Å². The lowest BCUT2D eigenvalue weighted by molar-refractivity contribution is 0.0687. The second-order valence-corrected chi connectivity index (χ2v) is 7.92. The second-order valence-electron chi connectivity index (χ2n) is 7.92. The van der Waals surface area contributed by atoms with Crippen LogP contribution < -0.4 is 9.47 Å². The normalized spacial score (nSPS) is 10.8. The van der Waals surface area contributed by atoms with Crippen LogP contribution in [0.3, 0.4) is 0 Å². The number of benzene rings is 3. The number of carboxylic acid groups (broad SMARTS) is 1. The first kappa shape index (κ1) is 24.1. The van der Waals surface area contributed by atoms with Gasteiger partial charge in [0.05, 0.1) is 17.7 Å². The second kappa shape index (κ2) is 11.9. The predicted octanol–water partition coefficient (Wildman–Crippen LogP) is 6.87. The molecule has 3 rings (SSSR count). The van der Waals surface area contributed by atoms with E-state index in [0.29, 0.717) is 35.0 Å². The summed E-state index contributed by atoms with van der Waals surface area (Å²) in [6.07, 6.45) is 4.16. The Balaban J connectivity index is 1.99. The third-order valence-corrected chi connectivity index (χ3v) is 5.79. The fourth-order valence-corrected chi connectivity index (χ4v) is 3.83. The van der Waals surface area contributed by atoms with Crippen molar-refractivity contribution in [2.45, 2.75) is 39.5 Å². The third-order valence-electron chi connectivity index (χ3n) is 5.79. The molecule has 0 unspecified atom stereocenters. The van der Waals surface area contributed by atoms with Gasteiger partial charge >= 0.3 is 11.9 Å². The van der Waals surface area contributed by atoms with Crippen molar-refractivity contribution >= 4 is 11.9 Å². The largest absolute Gasteiger partial charge is 0.490 e. The first-order chi connectivity index (χ1) is 16.0. The molecule has 0 aliphatic heterocycles. The molecule has 0 aromatic heterocycles. The molecule has 0 saturated carbocycles. The first-order valence-corrected chi connectivity index (χ1v) is 11.4. The Kier molecular flexibility index (Phi) is 8.64. The standard InChI is InChI=1S/C28H30O5/c1-3-20(4-2)12-11-19-32-24-18-17-23(27(29)30)25(21-13-7-5-8-14-21)26(24)33-28(31)22-15-9-6-10-16-22/h5-10,13-18,20H,3-4,11-12,19H2,1-2H3,(H,29,30). The molecule has 5 nitrogen and oxygen atoms in total. The molecule has 0 spiro atoms. The molecule has 0 heterocycles. The Labute approximate surface area is 195 Å². The molecule has 0 fully saturated rings. The quantitative estimate of drug-likeness (QED) is 0.198. The van der Waals surface area contributed by atoms with Crippen molar-refractivity contribution in [2.75, 3.05) is 6.61 Å². The van der Waals surface area contributed by atoms with E-state index in [1.165, 1.54) is 6.07 Å². The van der Waals surface area contributed by atoms with Crippen LogP contribution in [0.15, 0.2) is 72.8 Å². The molecule has 0 radical (unpaired) electrons. The minimum atomic E-state index is -1.11. The molecular formula is C28H30O5. The minimum absolute atomic E-state index is 0.0430. The number of rotatable bonds is 11. The van der Waals surface area contributed by atoms with Crippen molar-refractivity contribution in [1.29, 1.82) is 0 Å². The Morgan fingerprint density at radius 2 is 1.52 bits per heavy atom. The van der Waals surface area contributed by atoms with Crippen molar-refractivity contribution in [3.05, 3.63) is 83.9 Å². The Morgan fingerprint density at radius 3 is 2.12 bits per heavy atom. The molecule has 0 aliphatic rings. The van der Waals surface area contributed by atoms with Gasteiger partial charge in [-0.2, -0.15) is 0 Å².